The summed E-state index contributed by atoms with van der Waals surface area (Å²) in [5, 5.41) is 0. The Labute approximate surface area is 148 Å². The first-order valence-corrected chi connectivity index (χ1v) is 8.46. The zero-order chi connectivity index (χ0) is 18.8. The Morgan fingerprint density at radius 3 is 2.28 bits per heavy atom. The second kappa shape index (κ2) is 7.02. The van der Waals surface area contributed by atoms with Gasteiger partial charge in [-0.05, 0) is 51.0 Å². The quantitative estimate of drug-likeness (QED) is 0.758. The van der Waals surface area contributed by atoms with Crippen LogP contribution in [0, 0.1) is 12.7 Å². The molecule has 0 bridgehead atoms. The molecule has 0 spiro atoms. The number of aryl methyl sites for hydroxylation is 1. The number of amides is 1. The van der Waals surface area contributed by atoms with Gasteiger partial charge in [-0.3, -0.25) is 4.79 Å². The second-order valence-electron chi connectivity index (χ2n) is 7.52. The highest BCUT2D eigenvalue weighted by molar-refractivity contribution is 5.69. The van der Waals surface area contributed by atoms with Crippen LogP contribution in [0.4, 0.5) is 9.18 Å². The third-order valence-electron chi connectivity index (χ3n) is 4.25. The van der Waals surface area contributed by atoms with Crippen molar-refractivity contribution in [2.24, 2.45) is 0 Å². The average molecular weight is 351 g/mol. The van der Waals surface area contributed by atoms with E-state index in [1.807, 2.05) is 20.8 Å². The second-order valence-corrected chi connectivity index (χ2v) is 7.52. The number of esters is 1. The van der Waals surface area contributed by atoms with Crippen LogP contribution in [-0.4, -0.2) is 35.7 Å². The molecule has 1 aliphatic heterocycles. The third kappa shape index (κ3) is 4.71. The first-order valence-electron chi connectivity index (χ1n) is 8.46. The lowest BCUT2D eigenvalue weighted by Crippen LogP contribution is -2.48. The maximum Gasteiger partial charge on any atom is 0.410 e. The minimum atomic E-state index is -0.844. The van der Waals surface area contributed by atoms with Gasteiger partial charge in [0.05, 0.1) is 0 Å². The SMILES string of the molecule is CC(=O)OC1(c2ccc(F)c(C)c2)CCN(C(=O)OC(C)(C)C)CC1. The lowest BCUT2D eigenvalue weighted by atomic mass is 9.83. The largest absolute Gasteiger partial charge is 0.454 e. The fourth-order valence-corrected chi connectivity index (χ4v) is 3.03. The highest BCUT2D eigenvalue weighted by Crippen LogP contribution is 2.38. The molecule has 0 unspecified atom stereocenters. The molecular weight excluding hydrogens is 325 g/mol. The summed E-state index contributed by atoms with van der Waals surface area (Å²) < 4.78 is 24.6. The summed E-state index contributed by atoms with van der Waals surface area (Å²) in [6.07, 6.45) is 0.507. The van der Waals surface area contributed by atoms with Gasteiger partial charge in [-0.2, -0.15) is 0 Å². The van der Waals surface area contributed by atoms with Gasteiger partial charge in [0.15, 0.2) is 0 Å². The van der Waals surface area contributed by atoms with Crippen LogP contribution in [0.3, 0.4) is 0 Å². The summed E-state index contributed by atoms with van der Waals surface area (Å²) >= 11 is 0. The topological polar surface area (TPSA) is 55.8 Å². The van der Waals surface area contributed by atoms with E-state index in [1.54, 1.807) is 24.0 Å². The van der Waals surface area contributed by atoms with Gasteiger partial charge in [-0.15, -0.1) is 0 Å². The summed E-state index contributed by atoms with van der Waals surface area (Å²) in [7, 11) is 0. The Hall–Kier alpha value is -2.11. The maximum atomic E-state index is 13.6. The molecule has 6 heteroatoms. The smallest absolute Gasteiger partial charge is 0.410 e. The van der Waals surface area contributed by atoms with Crippen LogP contribution in [0.1, 0.15) is 51.7 Å². The number of likely N-dealkylation sites (tertiary alicyclic amines) is 1. The molecule has 5 nitrogen and oxygen atoms in total. The standard InChI is InChI=1S/C19H26FNO4/c1-13-12-15(6-7-16(13)20)19(24-14(2)22)8-10-21(11-9-19)17(23)25-18(3,4)5/h6-7,12H,8-11H2,1-5H3. The van der Waals surface area contributed by atoms with Gasteiger partial charge in [-0.25, -0.2) is 9.18 Å². The molecule has 0 N–H and O–H groups in total. The van der Waals surface area contributed by atoms with E-state index >= 15 is 0 Å². The first kappa shape index (κ1) is 19.2. The lowest BCUT2D eigenvalue weighted by Gasteiger charge is -2.41. The summed E-state index contributed by atoms with van der Waals surface area (Å²) in [5.74, 6) is -0.694. The van der Waals surface area contributed by atoms with E-state index in [1.165, 1.54) is 13.0 Å². The minimum absolute atomic E-state index is 0.298. The van der Waals surface area contributed by atoms with Crippen LogP contribution in [0.2, 0.25) is 0 Å². The lowest BCUT2D eigenvalue weighted by molar-refractivity contribution is -0.163. The van der Waals surface area contributed by atoms with Crippen molar-refractivity contribution >= 4 is 12.1 Å². The van der Waals surface area contributed by atoms with Crippen LogP contribution in [0.5, 0.6) is 0 Å². The van der Waals surface area contributed by atoms with Crippen LogP contribution >= 0.6 is 0 Å². The number of halogens is 1. The number of carbonyl (C=O) groups excluding carboxylic acids is 2. The van der Waals surface area contributed by atoms with Crippen LogP contribution < -0.4 is 0 Å². The Bertz CT molecular complexity index is 658. The number of carbonyl (C=O) groups is 2. The van der Waals surface area contributed by atoms with Crippen LogP contribution in [0.25, 0.3) is 0 Å². The fraction of sp³-hybridized carbons (Fsp3) is 0.579. The summed E-state index contributed by atoms with van der Waals surface area (Å²) in [6.45, 7) is 9.30. The normalized spacial score (nSPS) is 17.1. The molecule has 0 aromatic heterocycles. The number of benzene rings is 1. The van der Waals surface area contributed by atoms with Crippen molar-refractivity contribution in [1.29, 1.82) is 0 Å². The summed E-state index contributed by atoms with van der Waals surface area (Å²) in [5.41, 5.74) is -0.151. The van der Waals surface area contributed by atoms with E-state index in [2.05, 4.69) is 0 Å². The molecule has 1 aliphatic rings. The number of hydrogen-bond donors (Lipinski definition) is 0. The molecule has 1 aromatic rings. The Kier molecular flexibility index (Phi) is 5.40. The van der Waals surface area contributed by atoms with Gasteiger partial charge >= 0.3 is 12.1 Å². The maximum absolute atomic E-state index is 13.6. The highest BCUT2D eigenvalue weighted by atomic mass is 19.1. The molecule has 0 atom stereocenters. The molecule has 138 valence electrons. The molecule has 0 radical (unpaired) electrons. The van der Waals surface area contributed by atoms with Crippen molar-refractivity contribution < 1.29 is 23.5 Å². The third-order valence-corrected chi connectivity index (χ3v) is 4.25. The predicted octanol–water partition coefficient (Wildman–Crippen LogP) is 3.92. The Morgan fingerprint density at radius 2 is 1.80 bits per heavy atom. The molecule has 1 fully saturated rings. The molecule has 1 aromatic carbocycles. The van der Waals surface area contributed by atoms with Crippen LogP contribution in [0.15, 0.2) is 18.2 Å². The number of nitrogens with zero attached hydrogens (tertiary/aromatic N) is 1. The monoisotopic (exact) mass is 351 g/mol. The van der Waals surface area contributed by atoms with Gasteiger partial charge in [0.1, 0.15) is 17.0 Å². The molecular formula is C19H26FNO4. The zero-order valence-electron chi connectivity index (χ0n) is 15.5. The van der Waals surface area contributed by atoms with Crippen molar-refractivity contribution in [2.45, 2.75) is 58.7 Å². The van der Waals surface area contributed by atoms with Crippen molar-refractivity contribution in [3.8, 4) is 0 Å². The van der Waals surface area contributed by atoms with E-state index in [4.69, 9.17) is 9.47 Å². The zero-order valence-corrected chi connectivity index (χ0v) is 15.5. The van der Waals surface area contributed by atoms with Gasteiger partial charge in [0, 0.05) is 32.9 Å². The van der Waals surface area contributed by atoms with E-state index in [0.717, 1.165) is 5.56 Å². The number of hydrogen-bond acceptors (Lipinski definition) is 4. The molecule has 25 heavy (non-hydrogen) atoms. The molecule has 1 saturated heterocycles. The number of rotatable bonds is 2. The summed E-state index contributed by atoms with van der Waals surface area (Å²) in [4.78, 5) is 25.5. The van der Waals surface area contributed by atoms with Gasteiger partial charge in [0.2, 0.25) is 0 Å². The molecule has 0 saturated carbocycles. The van der Waals surface area contributed by atoms with Gasteiger partial charge in [-0.1, -0.05) is 6.07 Å². The van der Waals surface area contributed by atoms with E-state index < -0.39 is 17.2 Å². The van der Waals surface area contributed by atoms with Crippen molar-refractivity contribution in [2.75, 3.05) is 13.1 Å². The first-order chi connectivity index (χ1) is 11.5. The number of ether oxygens (including phenoxy) is 2. The molecule has 0 aliphatic carbocycles. The molecule has 1 heterocycles. The Morgan fingerprint density at radius 1 is 1.20 bits per heavy atom. The minimum Gasteiger partial charge on any atom is -0.454 e. The Balaban J connectivity index is 2.20. The highest BCUT2D eigenvalue weighted by Gasteiger charge is 2.41. The van der Waals surface area contributed by atoms with E-state index in [0.29, 0.717) is 31.5 Å². The summed E-state index contributed by atoms with van der Waals surface area (Å²) in [6, 6.07) is 4.74. The molecule has 2 rings (SSSR count). The average Bonchev–Trinajstić information content (AvgIpc) is 2.48. The van der Waals surface area contributed by atoms with Gasteiger partial charge < -0.3 is 14.4 Å². The molecule has 1 amide bonds. The van der Waals surface area contributed by atoms with Crippen molar-refractivity contribution in [1.82, 2.24) is 4.90 Å². The van der Waals surface area contributed by atoms with Crippen molar-refractivity contribution in [3.63, 3.8) is 0 Å². The van der Waals surface area contributed by atoms with Crippen molar-refractivity contribution in [3.05, 3.63) is 35.1 Å². The van der Waals surface area contributed by atoms with Crippen LogP contribution in [-0.2, 0) is 19.9 Å². The van der Waals surface area contributed by atoms with E-state index in [-0.39, 0.29) is 11.9 Å². The fourth-order valence-electron chi connectivity index (χ4n) is 3.03. The van der Waals surface area contributed by atoms with E-state index in [9.17, 15) is 14.0 Å². The number of piperidine rings is 1. The van der Waals surface area contributed by atoms with Gasteiger partial charge in [0.25, 0.3) is 0 Å². The predicted molar refractivity (Wildman–Crippen MR) is 91.6 cm³/mol.